The summed E-state index contributed by atoms with van der Waals surface area (Å²) in [4.78, 5) is 23.8. The molecular formula is C22H24N4O3S. The van der Waals surface area contributed by atoms with Gasteiger partial charge in [-0.25, -0.2) is 0 Å². The van der Waals surface area contributed by atoms with Gasteiger partial charge in [-0.2, -0.15) is 0 Å². The summed E-state index contributed by atoms with van der Waals surface area (Å²) in [6, 6.07) is 10.9. The minimum absolute atomic E-state index is 0.00200. The van der Waals surface area contributed by atoms with Gasteiger partial charge >= 0.3 is 0 Å². The number of rotatable bonds is 7. The fraction of sp³-hybridized carbons (Fsp3) is 0.364. The van der Waals surface area contributed by atoms with E-state index in [1.807, 2.05) is 12.1 Å². The second-order valence-electron chi connectivity index (χ2n) is 7.42. The van der Waals surface area contributed by atoms with E-state index < -0.39 is 0 Å². The van der Waals surface area contributed by atoms with E-state index >= 15 is 0 Å². The number of amides is 1. The number of carbonyl (C=O) groups is 2. The molecule has 0 bridgehead atoms. The SMILES string of the molecule is CC(=O)c1ccc(NC(=O)CSc2nnc(-c3ccco3)n2C2CCCCC2)cc1. The molecule has 2 aromatic heterocycles. The highest BCUT2D eigenvalue weighted by atomic mass is 32.2. The third kappa shape index (κ3) is 4.64. The quantitative estimate of drug-likeness (QED) is 0.425. The lowest BCUT2D eigenvalue weighted by Crippen LogP contribution is -2.17. The summed E-state index contributed by atoms with van der Waals surface area (Å²) in [5, 5.41) is 12.3. The molecule has 2 heterocycles. The second kappa shape index (κ2) is 9.30. The molecule has 1 saturated carbocycles. The number of thioether (sulfide) groups is 1. The molecule has 0 aliphatic heterocycles. The number of ketones is 1. The van der Waals surface area contributed by atoms with Crippen LogP contribution in [0.25, 0.3) is 11.6 Å². The van der Waals surface area contributed by atoms with Crippen LogP contribution in [0.2, 0.25) is 0 Å². The highest BCUT2D eigenvalue weighted by Crippen LogP contribution is 2.35. The lowest BCUT2D eigenvalue weighted by Gasteiger charge is -2.25. The first kappa shape index (κ1) is 20.4. The van der Waals surface area contributed by atoms with E-state index in [4.69, 9.17) is 4.42 Å². The molecule has 1 N–H and O–H groups in total. The van der Waals surface area contributed by atoms with Gasteiger partial charge in [0.05, 0.1) is 12.0 Å². The van der Waals surface area contributed by atoms with E-state index in [-0.39, 0.29) is 17.4 Å². The number of aromatic nitrogens is 3. The Morgan fingerprint density at radius 3 is 2.57 bits per heavy atom. The van der Waals surface area contributed by atoms with Crippen LogP contribution >= 0.6 is 11.8 Å². The molecule has 8 heteroatoms. The third-order valence-corrected chi connectivity index (χ3v) is 6.20. The van der Waals surface area contributed by atoms with Crippen LogP contribution in [0.4, 0.5) is 5.69 Å². The zero-order chi connectivity index (χ0) is 20.9. The van der Waals surface area contributed by atoms with Crippen molar-refractivity contribution < 1.29 is 14.0 Å². The van der Waals surface area contributed by atoms with Gasteiger partial charge in [-0.1, -0.05) is 31.0 Å². The number of nitrogens with one attached hydrogen (secondary N) is 1. The number of benzene rings is 1. The number of furan rings is 1. The molecular weight excluding hydrogens is 400 g/mol. The van der Waals surface area contributed by atoms with Gasteiger partial charge in [0.15, 0.2) is 16.7 Å². The Morgan fingerprint density at radius 1 is 1.13 bits per heavy atom. The van der Waals surface area contributed by atoms with Crippen molar-refractivity contribution >= 4 is 29.1 Å². The number of Topliss-reactive ketones (excluding diaryl/α,β-unsaturated/α-hetero) is 1. The minimum Gasteiger partial charge on any atom is -0.461 e. The zero-order valence-electron chi connectivity index (χ0n) is 16.8. The molecule has 156 valence electrons. The molecule has 0 saturated heterocycles. The van der Waals surface area contributed by atoms with Crippen LogP contribution in [0.15, 0.2) is 52.2 Å². The Labute approximate surface area is 179 Å². The van der Waals surface area contributed by atoms with Gasteiger partial charge in [-0.05, 0) is 56.2 Å². The van der Waals surface area contributed by atoms with Crippen molar-refractivity contribution in [3.05, 3.63) is 48.2 Å². The van der Waals surface area contributed by atoms with Gasteiger partial charge in [-0.15, -0.1) is 10.2 Å². The van der Waals surface area contributed by atoms with Gasteiger partial charge in [0.1, 0.15) is 0 Å². The first-order valence-corrected chi connectivity index (χ1v) is 11.1. The van der Waals surface area contributed by atoms with E-state index in [1.54, 1.807) is 30.5 Å². The molecule has 1 aromatic carbocycles. The molecule has 1 aliphatic rings. The first-order valence-electron chi connectivity index (χ1n) is 10.1. The number of anilines is 1. The molecule has 1 amide bonds. The summed E-state index contributed by atoms with van der Waals surface area (Å²) in [5.74, 6) is 1.49. The van der Waals surface area contributed by atoms with Crippen LogP contribution in [0.3, 0.4) is 0 Å². The Bertz CT molecular complexity index is 1010. The molecule has 3 aromatic rings. The molecule has 1 fully saturated rings. The normalized spacial score (nSPS) is 14.6. The minimum atomic E-state index is -0.131. The van der Waals surface area contributed by atoms with Crippen LogP contribution in [0.1, 0.15) is 55.4 Å². The molecule has 30 heavy (non-hydrogen) atoms. The smallest absolute Gasteiger partial charge is 0.234 e. The van der Waals surface area contributed by atoms with Gasteiger partial charge in [0.25, 0.3) is 0 Å². The molecule has 0 radical (unpaired) electrons. The molecule has 0 unspecified atom stereocenters. The summed E-state index contributed by atoms with van der Waals surface area (Å²) in [7, 11) is 0. The van der Waals surface area contributed by atoms with E-state index in [2.05, 4.69) is 20.1 Å². The third-order valence-electron chi connectivity index (χ3n) is 5.25. The standard InChI is InChI=1S/C22H24N4O3S/c1-15(27)16-9-11-17(12-10-16)23-20(28)14-30-22-25-24-21(19-8-5-13-29-19)26(22)18-6-3-2-4-7-18/h5,8-13,18H,2-4,6-7,14H2,1H3,(H,23,28). The van der Waals surface area contributed by atoms with Crippen LogP contribution in [0, 0.1) is 0 Å². The fourth-order valence-electron chi connectivity index (χ4n) is 3.73. The van der Waals surface area contributed by atoms with Crippen LogP contribution in [-0.4, -0.2) is 32.2 Å². The average molecular weight is 425 g/mol. The number of hydrogen-bond acceptors (Lipinski definition) is 6. The molecule has 0 spiro atoms. The summed E-state index contributed by atoms with van der Waals surface area (Å²) in [5.41, 5.74) is 1.28. The summed E-state index contributed by atoms with van der Waals surface area (Å²) in [6.07, 6.45) is 7.40. The molecule has 0 atom stereocenters. The van der Waals surface area contributed by atoms with Gasteiger partial charge in [-0.3, -0.25) is 14.2 Å². The molecule has 7 nitrogen and oxygen atoms in total. The van der Waals surface area contributed by atoms with E-state index in [0.717, 1.165) is 23.8 Å². The maximum Gasteiger partial charge on any atom is 0.234 e. The topological polar surface area (TPSA) is 90.0 Å². The molecule has 1 aliphatic carbocycles. The van der Waals surface area contributed by atoms with Crippen molar-refractivity contribution in [3.63, 3.8) is 0 Å². The summed E-state index contributed by atoms with van der Waals surface area (Å²) >= 11 is 1.38. The van der Waals surface area contributed by atoms with Crippen molar-refractivity contribution in [2.45, 2.75) is 50.2 Å². The number of hydrogen-bond donors (Lipinski definition) is 1. The Hall–Kier alpha value is -2.87. The van der Waals surface area contributed by atoms with Crippen LogP contribution in [-0.2, 0) is 4.79 Å². The maximum atomic E-state index is 12.5. The highest BCUT2D eigenvalue weighted by molar-refractivity contribution is 7.99. The first-order chi connectivity index (χ1) is 14.6. The van der Waals surface area contributed by atoms with Crippen LogP contribution in [0.5, 0.6) is 0 Å². The Kier molecular flexibility index (Phi) is 6.32. The van der Waals surface area contributed by atoms with Crippen LogP contribution < -0.4 is 5.32 Å². The number of carbonyl (C=O) groups excluding carboxylic acids is 2. The lowest BCUT2D eigenvalue weighted by atomic mass is 9.95. The predicted molar refractivity (Wildman–Crippen MR) is 116 cm³/mol. The summed E-state index contributed by atoms with van der Waals surface area (Å²) in [6.45, 7) is 1.52. The van der Waals surface area contributed by atoms with Gasteiger partial charge in [0, 0.05) is 17.3 Å². The Morgan fingerprint density at radius 2 is 1.90 bits per heavy atom. The van der Waals surface area contributed by atoms with Gasteiger partial charge in [0.2, 0.25) is 11.7 Å². The lowest BCUT2D eigenvalue weighted by molar-refractivity contribution is -0.113. The fourth-order valence-corrected chi connectivity index (χ4v) is 4.54. The van der Waals surface area contributed by atoms with E-state index in [0.29, 0.717) is 23.1 Å². The largest absolute Gasteiger partial charge is 0.461 e. The summed E-state index contributed by atoms with van der Waals surface area (Å²) < 4.78 is 7.70. The monoisotopic (exact) mass is 424 g/mol. The van der Waals surface area contributed by atoms with Crippen molar-refractivity contribution in [3.8, 4) is 11.6 Å². The predicted octanol–water partition coefficient (Wildman–Crippen LogP) is 4.98. The van der Waals surface area contributed by atoms with Crippen molar-refractivity contribution in [2.75, 3.05) is 11.1 Å². The van der Waals surface area contributed by atoms with Crippen molar-refractivity contribution in [1.29, 1.82) is 0 Å². The highest BCUT2D eigenvalue weighted by Gasteiger charge is 2.25. The Balaban J connectivity index is 1.46. The average Bonchev–Trinajstić information content (AvgIpc) is 3.43. The maximum absolute atomic E-state index is 12.5. The van der Waals surface area contributed by atoms with E-state index in [9.17, 15) is 9.59 Å². The van der Waals surface area contributed by atoms with Crippen molar-refractivity contribution in [2.24, 2.45) is 0 Å². The van der Waals surface area contributed by atoms with E-state index in [1.165, 1.54) is 37.9 Å². The number of nitrogens with zero attached hydrogens (tertiary/aromatic N) is 3. The second-order valence-corrected chi connectivity index (χ2v) is 8.36. The molecule has 4 rings (SSSR count). The zero-order valence-corrected chi connectivity index (χ0v) is 17.7. The van der Waals surface area contributed by atoms with Gasteiger partial charge < -0.3 is 9.73 Å². The van der Waals surface area contributed by atoms with Crippen molar-refractivity contribution in [1.82, 2.24) is 14.8 Å².